The van der Waals surface area contributed by atoms with E-state index in [1.165, 1.54) is 0 Å². The zero-order valence-electron chi connectivity index (χ0n) is 11.0. The van der Waals surface area contributed by atoms with Gasteiger partial charge < -0.3 is 11.1 Å². The molecule has 1 aromatic carbocycles. The summed E-state index contributed by atoms with van der Waals surface area (Å²) >= 11 is 2.89. The van der Waals surface area contributed by atoms with Gasteiger partial charge in [0.25, 0.3) is 0 Å². The first kappa shape index (κ1) is 15.4. The second kappa shape index (κ2) is 6.18. The highest BCUT2D eigenvalue weighted by molar-refractivity contribution is 9.10. The molecule has 1 amide bonds. The van der Waals surface area contributed by atoms with Gasteiger partial charge in [-0.1, -0.05) is 19.3 Å². The minimum atomic E-state index is -0.679. The van der Waals surface area contributed by atoms with Crippen LogP contribution in [0.25, 0.3) is 0 Å². The fourth-order valence-corrected chi connectivity index (χ4v) is 2.88. The van der Waals surface area contributed by atoms with Crippen LogP contribution in [0.15, 0.2) is 16.6 Å². The Balaban J connectivity index is 2.03. The normalized spacial score (nSPS) is 17.8. The molecule has 2 rings (SSSR count). The summed E-state index contributed by atoms with van der Waals surface area (Å²) in [6.45, 7) is 0. The second-order valence-electron chi connectivity index (χ2n) is 5.39. The van der Waals surface area contributed by atoms with Crippen LogP contribution in [0.4, 0.5) is 14.5 Å². The maximum Gasteiger partial charge on any atom is 0.226 e. The first-order valence-corrected chi connectivity index (χ1v) is 7.42. The molecule has 0 bridgehead atoms. The maximum absolute atomic E-state index is 13.6. The van der Waals surface area contributed by atoms with Crippen LogP contribution in [0.2, 0.25) is 0 Å². The number of amides is 1. The number of carbonyl (C=O) groups is 1. The van der Waals surface area contributed by atoms with E-state index < -0.39 is 17.2 Å². The molecule has 1 saturated carbocycles. The third kappa shape index (κ3) is 3.76. The van der Waals surface area contributed by atoms with Crippen molar-refractivity contribution in [3.63, 3.8) is 0 Å². The van der Waals surface area contributed by atoms with Gasteiger partial charge in [-0.15, -0.1) is 0 Å². The molecule has 20 heavy (non-hydrogen) atoms. The Morgan fingerprint density at radius 1 is 1.25 bits per heavy atom. The van der Waals surface area contributed by atoms with Crippen molar-refractivity contribution in [2.75, 3.05) is 5.32 Å². The minimum absolute atomic E-state index is 0.0237. The van der Waals surface area contributed by atoms with Crippen LogP contribution >= 0.6 is 15.9 Å². The Morgan fingerprint density at radius 3 is 2.55 bits per heavy atom. The summed E-state index contributed by atoms with van der Waals surface area (Å²) < 4.78 is 27.0. The molecular weight excluding hydrogens is 330 g/mol. The lowest BCUT2D eigenvalue weighted by Crippen LogP contribution is -2.44. The molecule has 3 nitrogen and oxygen atoms in total. The fraction of sp³-hybridized carbons (Fsp3) is 0.500. The van der Waals surface area contributed by atoms with Gasteiger partial charge in [0.2, 0.25) is 5.91 Å². The summed E-state index contributed by atoms with van der Waals surface area (Å²) in [4.78, 5) is 11.9. The van der Waals surface area contributed by atoms with Gasteiger partial charge >= 0.3 is 0 Å². The molecule has 0 unspecified atom stereocenters. The number of rotatable bonds is 3. The van der Waals surface area contributed by atoms with Crippen molar-refractivity contribution >= 4 is 27.5 Å². The Kier molecular flexibility index (Phi) is 4.75. The van der Waals surface area contributed by atoms with Crippen LogP contribution in [0.1, 0.15) is 38.5 Å². The third-order valence-electron chi connectivity index (χ3n) is 3.65. The van der Waals surface area contributed by atoms with Crippen LogP contribution in [-0.2, 0) is 4.79 Å². The number of nitrogens with one attached hydrogen (secondary N) is 1. The molecule has 1 aromatic rings. The average Bonchev–Trinajstić information content (AvgIpc) is 2.36. The highest BCUT2D eigenvalue weighted by atomic mass is 79.9. The summed E-state index contributed by atoms with van der Waals surface area (Å²) in [5.41, 5.74) is 5.49. The van der Waals surface area contributed by atoms with E-state index in [0.717, 1.165) is 44.2 Å². The van der Waals surface area contributed by atoms with Gasteiger partial charge in [-0.2, -0.15) is 0 Å². The summed E-state index contributed by atoms with van der Waals surface area (Å²) in [5.74, 6) is -1.68. The van der Waals surface area contributed by atoms with Gasteiger partial charge in [0, 0.05) is 18.0 Å². The summed E-state index contributed by atoms with van der Waals surface area (Å²) in [6, 6.07) is 1.95. The monoisotopic (exact) mass is 346 g/mol. The predicted octanol–water partition coefficient (Wildman–Crippen LogP) is 3.72. The molecule has 0 saturated heterocycles. The molecule has 1 aliphatic rings. The molecular formula is C14H17BrF2N2O. The predicted molar refractivity (Wildman–Crippen MR) is 77.3 cm³/mol. The van der Waals surface area contributed by atoms with Gasteiger partial charge in [0.05, 0.1) is 10.2 Å². The quantitative estimate of drug-likeness (QED) is 0.819. The SMILES string of the molecule is NC1(CC(=O)Nc2cc(F)c(Br)cc2F)CCCCC1. The topological polar surface area (TPSA) is 55.1 Å². The van der Waals surface area contributed by atoms with Crippen LogP contribution in [-0.4, -0.2) is 11.4 Å². The lowest BCUT2D eigenvalue weighted by atomic mass is 9.80. The molecule has 0 aliphatic heterocycles. The number of anilines is 1. The first-order valence-electron chi connectivity index (χ1n) is 6.63. The van der Waals surface area contributed by atoms with Crippen LogP contribution in [0.5, 0.6) is 0 Å². The highest BCUT2D eigenvalue weighted by Gasteiger charge is 2.30. The number of hydrogen-bond acceptors (Lipinski definition) is 2. The van der Waals surface area contributed by atoms with Crippen molar-refractivity contribution in [1.29, 1.82) is 0 Å². The lowest BCUT2D eigenvalue weighted by Gasteiger charge is -2.32. The minimum Gasteiger partial charge on any atom is -0.325 e. The van der Waals surface area contributed by atoms with E-state index in [4.69, 9.17) is 5.73 Å². The Bertz CT molecular complexity index is 516. The van der Waals surface area contributed by atoms with E-state index >= 15 is 0 Å². The molecule has 0 radical (unpaired) electrons. The number of benzene rings is 1. The van der Waals surface area contributed by atoms with E-state index in [-0.39, 0.29) is 22.5 Å². The summed E-state index contributed by atoms with van der Waals surface area (Å²) in [6.07, 6.45) is 4.85. The summed E-state index contributed by atoms with van der Waals surface area (Å²) in [5, 5.41) is 2.40. The number of halogens is 3. The molecule has 0 atom stereocenters. The van der Waals surface area contributed by atoms with Crippen molar-refractivity contribution in [3.8, 4) is 0 Å². The standard InChI is InChI=1S/C14H17BrF2N2O/c15-9-6-11(17)12(7-10(9)16)19-13(20)8-14(18)4-2-1-3-5-14/h6-7H,1-5,8,18H2,(H,19,20). The third-order valence-corrected chi connectivity index (χ3v) is 4.25. The zero-order chi connectivity index (χ0) is 14.8. The van der Waals surface area contributed by atoms with Gasteiger partial charge in [-0.05, 0) is 34.8 Å². The van der Waals surface area contributed by atoms with E-state index in [1.807, 2.05) is 0 Å². The van der Waals surface area contributed by atoms with Gasteiger partial charge in [0.1, 0.15) is 11.6 Å². The number of hydrogen-bond donors (Lipinski definition) is 2. The molecule has 1 aliphatic carbocycles. The Morgan fingerprint density at radius 2 is 1.90 bits per heavy atom. The Hall–Kier alpha value is -1.01. The Labute approximate surface area is 125 Å². The number of nitrogens with two attached hydrogens (primary N) is 1. The molecule has 0 spiro atoms. The smallest absolute Gasteiger partial charge is 0.226 e. The fourth-order valence-electron chi connectivity index (χ4n) is 2.57. The second-order valence-corrected chi connectivity index (χ2v) is 6.25. The maximum atomic E-state index is 13.6. The van der Waals surface area contributed by atoms with Crippen molar-refractivity contribution in [2.24, 2.45) is 5.73 Å². The molecule has 6 heteroatoms. The largest absolute Gasteiger partial charge is 0.325 e. The van der Waals surface area contributed by atoms with Gasteiger partial charge in [0.15, 0.2) is 0 Å². The molecule has 3 N–H and O–H groups in total. The van der Waals surface area contributed by atoms with Crippen LogP contribution < -0.4 is 11.1 Å². The average molecular weight is 347 g/mol. The van der Waals surface area contributed by atoms with E-state index in [1.54, 1.807) is 0 Å². The highest BCUT2D eigenvalue weighted by Crippen LogP contribution is 2.29. The van der Waals surface area contributed by atoms with Gasteiger partial charge in [-0.3, -0.25) is 4.79 Å². The molecule has 0 heterocycles. The summed E-state index contributed by atoms with van der Waals surface area (Å²) in [7, 11) is 0. The molecule has 0 aromatic heterocycles. The zero-order valence-corrected chi connectivity index (χ0v) is 12.6. The first-order chi connectivity index (χ1) is 9.39. The van der Waals surface area contributed by atoms with E-state index in [9.17, 15) is 13.6 Å². The van der Waals surface area contributed by atoms with Gasteiger partial charge in [-0.25, -0.2) is 8.78 Å². The van der Waals surface area contributed by atoms with Crippen LogP contribution in [0.3, 0.4) is 0 Å². The number of carbonyl (C=O) groups excluding carboxylic acids is 1. The van der Waals surface area contributed by atoms with Crippen molar-refractivity contribution in [3.05, 3.63) is 28.2 Å². The van der Waals surface area contributed by atoms with Crippen molar-refractivity contribution in [1.82, 2.24) is 0 Å². The van der Waals surface area contributed by atoms with Crippen molar-refractivity contribution < 1.29 is 13.6 Å². The van der Waals surface area contributed by atoms with E-state index in [2.05, 4.69) is 21.2 Å². The molecule has 1 fully saturated rings. The van der Waals surface area contributed by atoms with Crippen LogP contribution in [0, 0.1) is 11.6 Å². The molecule has 110 valence electrons. The lowest BCUT2D eigenvalue weighted by molar-refractivity contribution is -0.117. The van der Waals surface area contributed by atoms with Crippen molar-refractivity contribution in [2.45, 2.75) is 44.1 Å². The van der Waals surface area contributed by atoms with E-state index in [0.29, 0.717) is 0 Å².